The number of morpholine rings is 1. The molecule has 0 saturated carbocycles. The molecule has 4 rings (SSSR count). The summed E-state index contributed by atoms with van der Waals surface area (Å²) in [4.78, 5) is 14.3. The summed E-state index contributed by atoms with van der Waals surface area (Å²) in [5.74, 6) is -0.366. The van der Waals surface area contributed by atoms with Gasteiger partial charge in [0.15, 0.2) is 0 Å². The van der Waals surface area contributed by atoms with Crippen LogP contribution in [-0.2, 0) is 28.7 Å². The summed E-state index contributed by atoms with van der Waals surface area (Å²) in [6, 6.07) is 24.3. The van der Waals surface area contributed by atoms with Crippen molar-refractivity contribution in [3.63, 3.8) is 0 Å². The number of rotatable bonds is 6. The van der Waals surface area contributed by atoms with Crippen LogP contribution >= 0.6 is 0 Å². The number of carbonyl (C=O) groups is 1. The molecular formula is C27H26F3NO3. The summed E-state index contributed by atoms with van der Waals surface area (Å²) >= 11 is 0. The smallest absolute Gasteiger partial charge is 0.416 e. The SMILES string of the molecule is O=C(OCc1ccccc1)N1CCOC(C(Cc2ccccc2C(F)(F)F)c2ccccc2)C1. The third kappa shape index (κ3) is 5.97. The lowest BCUT2D eigenvalue weighted by Gasteiger charge is -2.37. The molecule has 1 fully saturated rings. The average molecular weight is 470 g/mol. The maximum Gasteiger partial charge on any atom is 0.416 e. The maximum absolute atomic E-state index is 13.6. The van der Waals surface area contributed by atoms with E-state index in [1.807, 2.05) is 60.7 Å². The molecule has 0 radical (unpaired) electrons. The second-order valence-corrected chi connectivity index (χ2v) is 8.27. The molecule has 0 aromatic heterocycles. The van der Waals surface area contributed by atoms with Crippen molar-refractivity contribution in [3.05, 3.63) is 107 Å². The zero-order valence-corrected chi connectivity index (χ0v) is 18.6. The van der Waals surface area contributed by atoms with Crippen LogP contribution in [0.3, 0.4) is 0 Å². The standard InChI is InChI=1S/C27H26F3NO3/c28-27(29,30)24-14-8-7-13-22(24)17-23(21-11-5-2-6-12-21)25-18-31(15-16-33-25)26(32)34-19-20-9-3-1-4-10-20/h1-14,23,25H,15-19H2. The summed E-state index contributed by atoms with van der Waals surface area (Å²) in [7, 11) is 0. The molecule has 2 unspecified atom stereocenters. The number of hydrogen-bond acceptors (Lipinski definition) is 3. The van der Waals surface area contributed by atoms with Gasteiger partial charge in [-0.05, 0) is 29.2 Å². The van der Waals surface area contributed by atoms with Crippen molar-refractivity contribution in [1.82, 2.24) is 4.90 Å². The van der Waals surface area contributed by atoms with Gasteiger partial charge < -0.3 is 14.4 Å². The largest absolute Gasteiger partial charge is 0.445 e. The zero-order chi connectivity index (χ0) is 24.0. The Hall–Kier alpha value is -3.32. The fourth-order valence-electron chi connectivity index (χ4n) is 4.27. The second-order valence-electron chi connectivity index (χ2n) is 8.27. The molecule has 178 valence electrons. The van der Waals surface area contributed by atoms with Gasteiger partial charge in [0.25, 0.3) is 0 Å². The van der Waals surface area contributed by atoms with Gasteiger partial charge in [0.1, 0.15) is 6.61 Å². The van der Waals surface area contributed by atoms with E-state index in [0.29, 0.717) is 6.54 Å². The van der Waals surface area contributed by atoms with Crippen LogP contribution < -0.4 is 0 Å². The van der Waals surface area contributed by atoms with Gasteiger partial charge in [0.2, 0.25) is 0 Å². The molecule has 34 heavy (non-hydrogen) atoms. The summed E-state index contributed by atoms with van der Waals surface area (Å²) in [6.45, 7) is 1.05. The van der Waals surface area contributed by atoms with Gasteiger partial charge in [-0.15, -0.1) is 0 Å². The Morgan fingerprint density at radius 2 is 1.62 bits per heavy atom. The zero-order valence-electron chi connectivity index (χ0n) is 18.6. The summed E-state index contributed by atoms with van der Waals surface area (Å²) in [5.41, 5.74) is 1.30. The van der Waals surface area contributed by atoms with E-state index in [0.717, 1.165) is 17.2 Å². The molecule has 7 heteroatoms. The Morgan fingerprint density at radius 1 is 0.971 bits per heavy atom. The molecule has 1 saturated heterocycles. The molecule has 0 spiro atoms. The number of ether oxygens (including phenoxy) is 2. The molecule has 3 aromatic rings. The Kier molecular flexibility index (Phi) is 7.53. The van der Waals surface area contributed by atoms with E-state index in [-0.39, 0.29) is 37.7 Å². The van der Waals surface area contributed by atoms with Crippen molar-refractivity contribution in [3.8, 4) is 0 Å². The van der Waals surface area contributed by atoms with Crippen molar-refractivity contribution in [2.24, 2.45) is 0 Å². The fraction of sp³-hybridized carbons (Fsp3) is 0.296. The van der Waals surface area contributed by atoms with E-state index in [9.17, 15) is 18.0 Å². The van der Waals surface area contributed by atoms with Gasteiger partial charge >= 0.3 is 12.3 Å². The Bertz CT molecular complexity index is 1070. The van der Waals surface area contributed by atoms with Crippen LogP contribution in [0.25, 0.3) is 0 Å². The number of hydrogen-bond donors (Lipinski definition) is 0. The van der Waals surface area contributed by atoms with Gasteiger partial charge in [-0.3, -0.25) is 0 Å². The number of halogens is 3. The van der Waals surface area contributed by atoms with Gasteiger partial charge in [-0.25, -0.2) is 4.79 Å². The first-order chi connectivity index (χ1) is 16.4. The van der Waals surface area contributed by atoms with E-state index in [1.54, 1.807) is 11.0 Å². The molecule has 4 nitrogen and oxygen atoms in total. The van der Waals surface area contributed by atoms with E-state index >= 15 is 0 Å². The van der Waals surface area contributed by atoms with Crippen LogP contribution in [0.4, 0.5) is 18.0 Å². The minimum atomic E-state index is -4.45. The van der Waals surface area contributed by atoms with Crippen molar-refractivity contribution in [1.29, 1.82) is 0 Å². The lowest BCUT2D eigenvalue weighted by molar-refractivity contribution is -0.138. The normalized spacial score (nSPS) is 17.3. The van der Waals surface area contributed by atoms with Crippen LogP contribution in [0.15, 0.2) is 84.9 Å². The topological polar surface area (TPSA) is 38.8 Å². The highest BCUT2D eigenvalue weighted by Gasteiger charge is 2.36. The number of carbonyl (C=O) groups excluding carboxylic acids is 1. The number of amides is 1. The van der Waals surface area contributed by atoms with Crippen LogP contribution in [0.1, 0.15) is 28.2 Å². The third-order valence-electron chi connectivity index (χ3n) is 6.00. The molecule has 1 heterocycles. The highest BCUT2D eigenvalue weighted by molar-refractivity contribution is 5.67. The summed E-state index contributed by atoms with van der Waals surface area (Å²) in [6.07, 6.45) is -5.24. The Balaban J connectivity index is 1.52. The van der Waals surface area contributed by atoms with Crippen molar-refractivity contribution >= 4 is 6.09 Å². The van der Waals surface area contributed by atoms with Gasteiger partial charge in [-0.2, -0.15) is 13.2 Å². The Labute approximate surface area is 196 Å². The second kappa shape index (κ2) is 10.7. The van der Waals surface area contributed by atoms with E-state index in [4.69, 9.17) is 9.47 Å². The molecule has 3 aromatic carbocycles. The lowest BCUT2D eigenvalue weighted by atomic mass is 9.85. The van der Waals surface area contributed by atoms with Crippen molar-refractivity contribution in [2.45, 2.75) is 31.2 Å². The first-order valence-corrected chi connectivity index (χ1v) is 11.2. The Morgan fingerprint density at radius 3 is 2.32 bits per heavy atom. The summed E-state index contributed by atoms with van der Waals surface area (Å²) in [5, 5.41) is 0. The first-order valence-electron chi connectivity index (χ1n) is 11.2. The van der Waals surface area contributed by atoms with Crippen molar-refractivity contribution in [2.75, 3.05) is 19.7 Å². The predicted molar refractivity (Wildman–Crippen MR) is 122 cm³/mol. The molecule has 0 N–H and O–H groups in total. The van der Waals surface area contributed by atoms with Gasteiger partial charge in [0, 0.05) is 12.5 Å². The maximum atomic E-state index is 13.6. The third-order valence-corrected chi connectivity index (χ3v) is 6.00. The molecule has 0 aliphatic carbocycles. The molecule has 1 amide bonds. The quantitative estimate of drug-likeness (QED) is 0.440. The van der Waals surface area contributed by atoms with Gasteiger partial charge in [0.05, 0.1) is 24.8 Å². The first kappa shape index (κ1) is 23.8. The van der Waals surface area contributed by atoms with E-state index in [2.05, 4.69) is 0 Å². The highest BCUT2D eigenvalue weighted by atomic mass is 19.4. The highest BCUT2D eigenvalue weighted by Crippen LogP contribution is 2.36. The monoisotopic (exact) mass is 469 g/mol. The molecule has 1 aliphatic rings. The van der Waals surface area contributed by atoms with Crippen LogP contribution in [0.5, 0.6) is 0 Å². The van der Waals surface area contributed by atoms with E-state index < -0.39 is 23.9 Å². The lowest BCUT2D eigenvalue weighted by Crippen LogP contribution is -2.48. The fourth-order valence-corrected chi connectivity index (χ4v) is 4.27. The van der Waals surface area contributed by atoms with Crippen molar-refractivity contribution < 1.29 is 27.4 Å². The predicted octanol–water partition coefficient (Wildman–Crippen LogP) is 6.07. The molecule has 2 atom stereocenters. The van der Waals surface area contributed by atoms with Crippen LogP contribution in [0.2, 0.25) is 0 Å². The molecule has 1 aliphatic heterocycles. The minimum Gasteiger partial charge on any atom is -0.445 e. The minimum absolute atomic E-state index is 0.136. The number of alkyl halides is 3. The van der Waals surface area contributed by atoms with Gasteiger partial charge in [-0.1, -0.05) is 78.9 Å². The van der Waals surface area contributed by atoms with E-state index in [1.165, 1.54) is 12.1 Å². The average Bonchev–Trinajstić information content (AvgIpc) is 2.86. The molecule has 0 bridgehead atoms. The van der Waals surface area contributed by atoms with Crippen LogP contribution in [-0.4, -0.2) is 36.8 Å². The number of nitrogens with zero attached hydrogens (tertiary/aromatic N) is 1. The molecular weight excluding hydrogens is 443 g/mol. The number of benzene rings is 3. The summed E-state index contributed by atoms with van der Waals surface area (Å²) < 4.78 is 52.4. The van der Waals surface area contributed by atoms with Crippen LogP contribution in [0, 0.1) is 0 Å².